The summed E-state index contributed by atoms with van der Waals surface area (Å²) >= 11 is 0. The minimum absolute atomic E-state index is 0.0206. The highest BCUT2D eigenvalue weighted by atomic mass is 16.6. The SMILES string of the molecule is CCOC1CC(NC(=O)OC(C)(C)C)C1NC(C)CCC(=O)O. The highest BCUT2D eigenvalue weighted by molar-refractivity contribution is 5.68. The van der Waals surface area contributed by atoms with Crippen LogP contribution < -0.4 is 10.6 Å². The fourth-order valence-electron chi connectivity index (χ4n) is 2.58. The van der Waals surface area contributed by atoms with Gasteiger partial charge in [-0.05, 0) is 47.5 Å². The fourth-order valence-corrected chi connectivity index (χ4v) is 2.58. The number of carboxylic acids is 1. The van der Waals surface area contributed by atoms with Crippen LogP contribution in [0.25, 0.3) is 0 Å². The Balaban J connectivity index is 2.51. The van der Waals surface area contributed by atoms with Gasteiger partial charge in [-0.15, -0.1) is 0 Å². The van der Waals surface area contributed by atoms with Crippen LogP contribution in [0.5, 0.6) is 0 Å². The molecule has 0 aromatic heterocycles. The molecule has 1 fully saturated rings. The number of carbonyl (C=O) groups excluding carboxylic acids is 1. The van der Waals surface area contributed by atoms with Gasteiger partial charge in [0.1, 0.15) is 5.60 Å². The first-order valence-electron chi connectivity index (χ1n) is 8.21. The van der Waals surface area contributed by atoms with Gasteiger partial charge in [0, 0.05) is 19.1 Å². The third-order valence-electron chi connectivity index (χ3n) is 3.67. The smallest absolute Gasteiger partial charge is 0.407 e. The molecule has 0 bridgehead atoms. The van der Waals surface area contributed by atoms with E-state index in [1.807, 2.05) is 34.6 Å². The standard InChI is InChI=1S/C16H30N2O5/c1-6-22-12-9-11(18-15(21)23-16(3,4)5)14(12)17-10(2)7-8-13(19)20/h10-12,14,17H,6-9H2,1-5H3,(H,18,21)(H,19,20). The number of carbonyl (C=O) groups is 2. The molecule has 0 heterocycles. The summed E-state index contributed by atoms with van der Waals surface area (Å²) in [5.41, 5.74) is -0.537. The van der Waals surface area contributed by atoms with Crippen LogP contribution in [0.4, 0.5) is 4.79 Å². The van der Waals surface area contributed by atoms with E-state index >= 15 is 0 Å². The summed E-state index contributed by atoms with van der Waals surface area (Å²) in [6.07, 6.45) is 0.944. The van der Waals surface area contributed by atoms with Crippen molar-refractivity contribution in [2.75, 3.05) is 6.61 Å². The van der Waals surface area contributed by atoms with Crippen LogP contribution in [0.2, 0.25) is 0 Å². The summed E-state index contributed by atoms with van der Waals surface area (Å²) in [4.78, 5) is 22.5. The molecule has 1 aliphatic carbocycles. The average Bonchev–Trinajstić information content (AvgIpc) is 2.39. The summed E-state index contributed by atoms with van der Waals surface area (Å²) in [7, 11) is 0. The molecule has 4 atom stereocenters. The van der Waals surface area contributed by atoms with Gasteiger partial charge in [-0.1, -0.05) is 0 Å². The second-order valence-corrected chi connectivity index (χ2v) is 7.01. The number of hydrogen-bond acceptors (Lipinski definition) is 5. The van der Waals surface area contributed by atoms with E-state index in [4.69, 9.17) is 14.6 Å². The minimum Gasteiger partial charge on any atom is -0.481 e. The van der Waals surface area contributed by atoms with E-state index in [0.29, 0.717) is 13.0 Å². The van der Waals surface area contributed by atoms with Gasteiger partial charge in [0.15, 0.2) is 0 Å². The maximum atomic E-state index is 11.9. The molecule has 0 saturated heterocycles. The molecule has 0 radical (unpaired) electrons. The molecule has 134 valence electrons. The summed E-state index contributed by atoms with van der Waals surface area (Å²) in [5, 5.41) is 15.0. The van der Waals surface area contributed by atoms with Crippen molar-refractivity contribution in [3.63, 3.8) is 0 Å². The van der Waals surface area contributed by atoms with Crippen LogP contribution >= 0.6 is 0 Å². The van der Waals surface area contributed by atoms with E-state index in [-0.39, 0.29) is 30.7 Å². The predicted molar refractivity (Wildman–Crippen MR) is 86.4 cm³/mol. The van der Waals surface area contributed by atoms with E-state index in [1.165, 1.54) is 0 Å². The maximum absolute atomic E-state index is 11.9. The molecule has 23 heavy (non-hydrogen) atoms. The lowest BCUT2D eigenvalue weighted by Crippen LogP contribution is -2.67. The Labute approximate surface area is 138 Å². The zero-order chi connectivity index (χ0) is 17.6. The van der Waals surface area contributed by atoms with Crippen LogP contribution in [0, 0.1) is 0 Å². The lowest BCUT2D eigenvalue weighted by Gasteiger charge is -2.46. The Morgan fingerprint density at radius 3 is 2.52 bits per heavy atom. The second kappa shape index (κ2) is 8.49. The van der Waals surface area contributed by atoms with Gasteiger partial charge in [0.2, 0.25) is 0 Å². The fraction of sp³-hybridized carbons (Fsp3) is 0.875. The van der Waals surface area contributed by atoms with Crippen LogP contribution in [-0.2, 0) is 14.3 Å². The van der Waals surface area contributed by atoms with Crippen LogP contribution in [0.15, 0.2) is 0 Å². The van der Waals surface area contributed by atoms with E-state index in [1.54, 1.807) is 0 Å². The molecule has 7 nitrogen and oxygen atoms in total. The number of nitrogens with one attached hydrogen (secondary N) is 2. The van der Waals surface area contributed by atoms with Crippen molar-refractivity contribution in [1.82, 2.24) is 10.6 Å². The number of amides is 1. The first-order chi connectivity index (χ1) is 10.6. The molecule has 0 aliphatic heterocycles. The number of hydrogen-bond donors (Lipinski definition) is 3. The van der Waals surface area contributed by atoms with Crippen LogP contribution in [-0.4, -0.2) is 53.6 Å². The molecular formula is C16H30N2O5. The Morgan fingerprint density at radius 2 is 2.00 bits per heavy atom. The minimum atomic E-state index is -0.808. The molecule has 1 amide bonds. The van der Waals surface area contributed by atoms with E-state index in [9.17, 15) is 9.59 Å². The second-order valence-electron chi connectivity index (χ2n) is 7.01. The zero-order valence-electron chi connectivity index (χ0n) is 14.7. The number of aliphatic carboxylic acids is 1. The first-order valence-corrected chi connectivity index (χ1v) is 8.21. The molecule has 1 aliphatic rings. The van der Waals surface area contributed by atoms with Crippen LogP contribution in [0.3, 0.4) is 0 Å². The maximum Gasteiger partial charge on any atom is 0.407 e. The third-order valence-corrected chi connectivity index (χ3v) is 3.67. The van der Waals surface area contributed by atoms with Gasteiger partial charge in [-0.3, -0.25) is 4.79 Å². The molecule has 0 aromatic carbocycles. The van der Waals surface area contributed by atoms with Crippen molar-refractivity contribution in [2.45, 2.75) is 83.7 Å². The molecule has 1 saturated carbocycles. The lowest BCUT2D eigenvalue weighted by atomic mass is 9.82. The average molecular weight is 330 g/mol. The normalized spacial score (nSPS) is 25.3. The van der Waals surface area contributed by atoms with Crippen molar-refractivity contribution >= 4 is 12.1 Å². The molecule has 1 rings (SSSR count). The Bertz CT molecular complexity index is 408. The number of carboxylic acid groups (broad SMARTS) is 1. The molecule has 7 heteroatoms. The zero-order valence-corrected chi connectivity index (χ0v) is 14.7. The van der Waals surface area contributed by atoms with Gasteiger partial charge in [0.05, 0.1) is 18.2 Å². The topological polar surface area (TPSA) is 96.9 Å². The highest BCUT2D eigenvalue weighted by Gasteiger charge is 2.43. The van der Waals surface area contributed by atoms with Gasteiger partial charge >= 0.3 is 12.1 Å². The van der Waals surface area contributed by atoms with Gasteiger partial charge in [-0.2, -0.15) is 0 Å². The summed E-state index contributed by atoms with van der Waals surface area (Å²) in [6.45, 7) is 9.93. The Hall–Kier alpha value is -1.34. The summed E-state index contributed by atoms with van der Waals surface area (Å²) in [5.74, 6) is -0.808. The van der Waals surface area contributed by atoms with Crippen molar-refractivity contribution < 1.29 is 24.2 Å². The Morgan fingerprint density at radius 1 is 1.35 bits per heavy atom. The van der Waals surface area contributed by atoms with Crippen LogP contribution in [0.1, 0.15) is 53.9 Å². The first kappa shape index (κ1) is 19.7. The monoisotopic (exact) mass is 330 g/mol. The molecule has 4 unspecified atom stereocenters. The van der Waals surface area contributed by atoms with E-state index in [2.05, 4.69) is 10.6 Å². The highest BCUT2D eigenvalue weighted by Crippen LogP contribution is 2.26. The van der Waals surface area contributed by atoms with Crippen molar-refractivity contribution in [3.05, 3.63) is 0 Å². The van der Waals surface area contributed by atoms with Gasteiger partial charge in [-0.25, -0.2) is 4.79 Å². The quantitative estimate of drug-likeness (QED) is 0.629. The third kappa shape index (κ3) is 7.18. The number of alkyl carbamates (subject to hydrolysis) is 1. The van der Waals surface area contributed by atoms with Gasteiger partial charge in [0.25, 0.3) is 0 Å². The Kier molecular flexibility index (Phi) is 7.28. The predicted octanol–water partition coefficient (Wildman–Crippen LogP) is 1.90. The largest absolute Gasteiger partial charge is 0.481 e. The van der Waals surface area contributed by atoms with Crippen molar-refractivity contribution in [3.8, 4) is 0 Å². The summed E-state index contributed by atoms with van der Waals surface area (Å²) < 4.78 is 10.9. The lowest BCUT2D eigenvalue weighted by molar-refractivity contribution is -0.137. The van der Waals surface area contributed by atoms with Crippen molar-refractivity contribution in [1.29, 1.82) is 0 Å². The number of ether oxygens (including phenoxy) is 2. The number of rotatable bonds is 8. The summed E-state index contributed by atoms with van der Waals surface area (Å²) in [6, 6.07) is -0.0813. The molecule has 3 N–H and O–H groups in total. The van der Waals surface area contributed by atoms with E-state index in [0.717, 1.165) is 6.42 Å². The molecule has 0 spiro atoms. The molecule has 0 aromatic rings. The molecular weight excluding hydrogens is 300 g/mol. The van der Waals surface area contributed by atoms with Crippen molar-refractivity contribution in [2.24, 2.45) is 0 Å². The van der Waals surface area contributed by atoms with Gasteiger partial charge < -0.3 is 25.2 Å². The van der Waals surface area contributed by atoms with E-state index < -0.39 is 17.7 Å².